The van der Waals surface area contributed by atoms with Gasteiger partial charge in [-0.2, -0.15) is 0 Å². The third kappa shape index (κ3) is 2.47. The van der Waals surface area contributed by atoms with E-state index in [2.05, 4.69) is 0 Å². The van der Waals surface area contributed by atoms with Crippen LogP contribution in [0.1, 0.15) is 9.67 Å². The van der Waals surface area contributed by atoms with Crippen molar-refractivity contribution in [2.24, 2.45) is 0 Å². The number of hydrogen-bond acceptors (Lipinski definition) is 4. The summed E-state index contributed by atoms with van der Waals surface area (Å²) in [7, 11) is 3.62. The van der Waals surface area contributed by atoms with Crippen LogP contribution in [0.15, 0.2) is 35.7 Å². The van der Waals surface area contributed by atoms with Crippen molar-refractivity contribution in [2.75, 3.05) is 19.1 Å². The van der Waals surface area contributed by atoms with Crippen molar-refractivity contribution in [2.45, 2.75) is 0 Å². The highest BCUT2D eigenvalue weighted by molar-refractivity contribution is 7.12. The van der Waals surface area contributed by atoms with Gasteiger partial charge >= 0.3 is 0 Å². The lowest BCUT2D eigenvalue weighted by atomic mass is 10.2. The molecular weight excluding hydrogens is 234 g/mol. The summed E-state index contributed by atoms with van der Waals surface area (Å²) >= 11 is 1.45. The highest BCUT2D eigenvalue weighted by Crippen LogP contribution is 2.28. The Labute approximate surface area is 104 Å². The number of aldehydes is 1. The average Bonchev–Trinajstić information content (AvgIpc) is 2.87. The first-order chi connectivity index (χ1) is 8.24. The molecule has 0 radical (unpaired) electrons. The van der Waals surface area contributed by atoms with Crippen LogP contribution in [-0.2, 0) is 0 Å². The Morgan fingerprint density at radius 3 is 2.47 bits per heavy atom. The fraction of sp³-hybridized carbons (Fsp3) is 0.154. The summed E-state index contributed by atoms with van der Waals surface area (Å²) in [6.45, 7) is 0. The number of benzene rings is 1. The number of rotatable bonds is 4. The lowest BCUT2D eigenvalue weighted by Crippen LogP contribution is -2.07. The van der Waals surface area contributed by atoms with Gasteiger partial charge in [0.2, 0.25) is 0 Å². The molecule has 0 spiro atoms. The molecule has 2 rings (SSSR count). The number of thiophene rings is 1. The maximum Gasteiger partial charge on any atom is 0.160 e. The summed E-state index contributed by atoms with van der Waals surface area (Å²) in [5.74, 6) is 0.834. The van der Waals surface area contributed by atoms with E-state index in [-0.39, 0.29) is 0 Å². The van der Waals surface area contributed by atoms with Crippen LogP contribution in [0.5, 0.6) is 5.75 Å². The maximum absolute atomic E-state index is 10.6. The standard InChI is InChI=1S/C13H13NO2S/c1-14(11-7-13(8-15)17-9-11)10-3-5-12(16-2)6-4-10/h3-9H,1-2H3. The summed E-state index contributed by atoms with van der Waals surface area (Å²) in [4.78, 5) is 13.4. The smallest absolute Gasteiger partial charge is 0.160 e. The van der Waals surface area contributed by atoms with E-state index >= 15 is 0 Å². The minimum atomic E-state index is 0.736. The van der Waals surface area contributed by atoms with E-state index in [1.807, 2.05) is 47.7 Å². The second-order valence-electron chi connectivity index (χ2n) is 3.58. The summed E-state index contributed by atoms with van der Waals surface area (Å²) in [5, 5.41) is 1.97. The molecule has 0 aliphatic heterocycles. The fourth-order valence-electron chi connectivity index (χ4n) is 1.53. The van der Waals surface area contributed by atoms with E-state index in [9.17, 15) is 4.79 Å². The number of hydrogen-bond donors (Lipinski definition) is 0. The molecule has 2 aromatic rings. The number of anilines is 2. The Morgan fingerprint density at radius 2 is 1.94 bits per heavy atom. The van der Waals surface area contributed by atoms with Gasteiger partial charge in [0.05, 0.1) is 17.7 Å². The molecule has 0 fully saturated rings. The first kappa shape index (κ1) is 11.7. The summed E-state index contributed by atoms with van der Waals surface area (Å²) in [6, 6.07) is 9.67. The molecule has 0 unspecified atom stereocenters. The zero-order chi connectivity index (χ0) is 12.3. The predicted octanol–water partition coefficient (Wildman–Crippen LogP) is 3.34. The summed E-state index contributed by atoms with van der Waals surface area (Å²) < 4.78 is 5.11. The van der Waals surface area contributed by atoms with Crippen LogP contribution in [0.4, 0.5) is 11.4 Å². The Kier molecular flexibility index (Phi) is 3.44. The van der Waals surface area contributed by atoms with Crippen molar-refractivity contribution in [3.63, 3.8) is 0 Å². The molecule has 1 aromatic carbocycles. The SMILES string of the molecule is COc1ccc(N(C)c2csc(C=O)c2)cc1. The second-order valence-corrected chi connectivity index (χ2v) is 4.52. The van der Waals surface area contributed by atoms with E-state index in [4.69, 9.17) is 4.74 Å². The summed E-state index contributed by atoms with van der Waals surface area (Å²) in [5.41, 5.74) is 2.07. The van der Waals surface area contributed by atoms with E-state index in [1.54, 1.807) is 7.11 Å². The van der Waals surface area contributed by atoms with Gasteiger partial charge in [-0.1, -0.05) is 0 Å². The van der Waals surface area contributed by atoms with Gasteiger partial charge in [0.25, 0.3) is 0 Å². The lowest BCUT2D eigenvalue weighted by molar-refractivity contribution is 0.112. The van der Waals surface area contributed by atoms with Gasteiger partial charge < -0.3 is 9.64 Å². The largest absolute Gasteiger partial charge is 0.497 e. The zero-order valence-electron chi connectivity index (χ0n) is 9.71. The van der Waals surface area contributed by atoms with Crippen molar-refractivity contribution >= 4 is 29.0 Å². The van der Waals surface area contributed by atoms with Crippen LogP contribution in [0.2, 0.25) is 0 Å². The van der Waals surface area contributed by atoms with Crippen molar-refractivity contribution < 1.29 is 9.53 Å². The van der Waals surface area contributed by atoms with Gasteiger partial charge in [-0.05, 0) is 30.3 Å². The molecule has 0 saturated carbocycles. The monoisotopic (exact) mass is 247 g/mol. The van der Waals surface area contributed by atoms with Crippen LogP contribution in [0.25, 0.3) is 0 Å². The molecule has 1 aromatic heterocycles. The Morgan fingerprint density at radius 1 is 1.24 bits per heavy atom. The number of carbonyl (C=O) groups is 1. The van der Waals surface area contributed by atoms with E-state index < -0.39 is 0 Å². The van der Waals surface area contributed by atoms with Crippen molar-refractivity contribution in [3.05, 3.63) is 40.6 Å². The van der Waals surface area contributed by atoms with Crippen LogP contribution in [0.3, 0.4) is 0 Å². The predicted molar refractivity (Wildman–Crippen MR) is 70.8 cm³/mol. The van der Waals surface area contributed by atoms with Crippen LogP contribution < -0.4 is 9.64 Å². The number of ether oxygens (including phenoxy) is 1. The van der Waals surface area contributed by atoms with Crippen molar-refractivity contribution in [3.8, 4) is 5.75 Å². The van der Waals surface area contributed by atoms with Gasteiger partial charge in [-0.15, -0.1) is 11.3 Å². The van der Waals surface area contributed by atoms with Crippen LogP contribution >= 0.6 is 11.3 Å². The van der Waals surface area contributed by atoms with Crippen LogP contribution in [-0.4, -0.2) is 20.4 Å². The van der Waals surface area contributed by atoms with Gasteiger partial charge in [-0.25, -0.2) is 0 Å². The normalized spacial score (nSPS) is 10.0. The van der Waals surface area contributed by atoms with Crippen molar-refractivity contribution in [1.29, 1.82) is 0 Å². The minimum Gasteiger partial charge on any atom is -0.497 e. The zero-order valence-corrected chi connectivity index (χ0v) is 10.5. The lowest BCUT2D eigenvalue weighted by Gasteiger charge is -2.17. The van der Waals surface area contributed by atoms with E-state index in [0.29, 0.717) is 0 Å². The molecule has 0 aliphatic carbocycles. The quantitative estimate of drug-likeness (QED) is 0.776. The van der Waals surface area contributed by atoms with E-state index in [1.165, 1.54) is 11.3 Å². The number of carbonyl (C=O) groups excluding carboxylic acids is 1. The van der Waals surface area contributed by atoms with Gasteiger partial charge in [0.15, 0.2) is 6.29 Å². The minimum absolute atomic E-state index is 0.736. The highest BCUT2D eigenvalue weighted by Gasteiger charge is 2.06. The molecule has 0 aliphatic rings. The first-order valence-electron chi connectivity index (χ1n) is 5.16. The third-order valence-corrected chi connectivity index (χ3v) is 3.41. The van der Waals surface area contributed by atoms with Crippen molar-refractivity contribution in [1.82, 2.24) is 0 Å². The van der Waals surface area contributed by atoms with Gasteiger partial charge in [-0.3, -0.25) is 4.79 Å². The molecule has 3 nitrogen and oxygen atoms in total. The fourth-order valence-corrected chi connectivity index (χ4v) is 2.26. The van der Waals surface area contributed by atoms with Crippen LogP contribution in [0, 0.1) is 0 Å². The maximum atomic E-state index is 10.6. The molecule has 0 atom stereocenters. The number of methoxy groups -OCH3 is 1. The molecule has 4 heteroatoms. The Hall–Kier alpha value is -1.81. The highest BCUT2D eigenvalue weighted by atomic mass is 32.1. The molecule has 0 bridgehead atoms. The topological polar surface area (TPSA) is 29.5 Å². The Bertz CT molecular complexity index is 504. The first-order valence-corrected chi connectivity index (χ1v) is 6.04. The molecule has 88 valence electrons. The average molecular weight is 247 g/mol. The molecule has 0 N–H and O–H groups in total. The Balaban J connectivity index is 2.23. The summed E-state index contributed by atoms with van der Waals surface area (Å²) in [6.07, 6.45) is 0.871. The molecule has 0 saturated heterocycles. The molecular formula is C13H13NO2S. The second kappa shape index (κ2) is 5.01. The number of nitrogens with zero attached hydrogens (tertiary/aromatic N) is 1. The molecule has 17 heavy (non-hydrogen) atoms. The molecule has 0 amide bonds. The van der Waals surface area contributed by atoms with E-state index in [0.717, 1.165) is 28.3 Å². The molecule has 1 heterocycles. The third-order valence-electron chi connectivity index (χ3n) is 2.57. The van der Waals surface area contributed by atoms with Gasteiger partial charge in [0.1, 0.15) is 5.75 Å². The van der Waals surface area contributed by atoms with Gasteiger partial charge in [0, 0.05) is 18.1 Å².